The van der Waals surface area contributed by atoms with E-state index in [2.05, 4.69) is 0 Å². The predicted octanol–water partition coefficient (Wildman–Crippen LogP) is 2.49. The van der Waals surface area contributed by atoms with Gasteiger partial charge in [-0.05, 0) is 19.1 Å². The molecule has 0 saturated heterocycles. The summed E-state index contributed by atoms with van der Waals surface area (Å²) in [5.41, 5.74) is 5.11. The van der Waals surface area contributed by atoms with Crippen LogP contribution in [0.2, 0.25) is 0 Å². The van der Waals surface area contributed by atoms with Gasteiger partial charge in [-0.1, -0.05) is 7.43 Å². The molecule has 62 valence electrons. The van der Waals surface area contributed by atoms with Gasteiger partial charge in [0.1, 0.15) is 5.82 Å². The van der Waals surface area contributed by atoms with Crippen molar-refractivity contribution in [3.8, 4) is 0 Å². The molecule has 3 heteroatoms. The fraction of sp³-hybridized carbons (Fsp3) is 0.250. The van der Waals surface area contributed by atoms with Crippen molar-refractivity contribution in [2.24, 2.45) is 0 Å². The Morgan fingerprint density at radius 3 is 2.27 bits per heavy atom. The van der Waals surface area contributed by atoms with Crippen LogP contribution < -0.4 is 5.73 Å². The molecule has 0 bridgehead atoms. The number of rotatable bonds is 0. The number of benzene rings is 1. The van der Waals surface area contributed by atoms with Crippen molar-refractivity contribution in [3.63, 3.8) is 0 Å². The van der Waals surface area contributed by atoms with E-state index in [0.29, 0.717) is 0 Å². The van der Waals surface area contributed by atoms with Crippen LogP contribution in [-0.2, 0) is 0 Å². The molecule has 0 aliphatic rings. The highest BCUT2D eigenvalue weighted by atomic mass is 19.1. The molecule has 0 spiro atoms. The summed E-state index contributed by atoms with van der Waals surface area (Å²) in [4.78, 5) is 0. The van der Waals surface area contributed by atoms with Gasteiger partial charge in [-0.2, -0.15) is 0 Å². The second kappa shape index (κ2) is 3.32. The smallest absolute Gasteiger partial charge is 0.151 e. The summed E-state index contributed by atoms with van der Waals surface area (Å²) < 4.78 is 25.1. The zero-order valence-corrected chi connectivity index (χ0v) is 5.49. The summed E-state index contributed by atoms with van der Waals surface area (Å²) in [5.74, 6) is -1.23. The van der Waals surface area contributed by atoms with E-state index in [1.165, 1.54) is 13.0 Å². The quantitative estimate of drug-likeness (QED) is 0.578. The van der Waals surface area contributed by atoms with Crippen LogP contribution in [0.3, 0.4) is 0 Å². The van der Waals surface area contributed by atoms with Crippen molar-refractivity contribution in [2.75, 3.05) is 5.73 Å². The predicted molar refractivity (Wildman–Crippen MR) is 42.2 cm³/mol. The monoisotopic (exact) mass is 159 g/mol. The topological polar surface area (TPSA) is 26.0 Å². The first kappa shape index (κ1) is 9.88. The molecule has 0 aromatic heterocycles. The third kappa shape index (κ3) is 1.67. The first-order chi connectivity index (χ1) is 4.63. The Morgan fingerprint density at radius 1 is 1.27 bits per heavy atom. The molecule has 0 aliphatic heterocycles. The maximum Gasteiger partial charge on any atom is 0.151 e. The maximum absolute atomic E-state index is 12.6. The molecule has 0 fully saturated rings. The molecule has 1 aromatic carbocycles. The van der Waals surface area contributed by atoms with Crippen LogP contribution in [-0.4, -0.2) is 0 Å². The van der Waals surface area contributed by atoms with Crippen molar-refractivity contribution >= 4 is 5.69 Å². The molecule has 2 N–H and O–H groups in total. The molecule has 0 atom stereocenters. The first-order valence-corrected chi connectivity index (χ1v) is 2.83. The van der Waals surface area contributed by atoms with Gasteiger partial charge in [0.15, 0.2) is 5.82 Å². The Morgan fingerprint density at radius 2 is 1.82 bits per heavy atom. The average molecular weight is 159 g/mol. The normalized spacial score (nSPS) is 9.00. The highest BCUT2D eigenvalue weighted by molar-refractivity contribution is 5.42. The lowest BCUT2D eigenvalue weighted by Crippen LogP contribution is -1.95. The molecule has 11 heavy (non-hydrogen) atoms. The summed E-state index contributed by atoms with van der Waals surface area (Å²) in [6, 6.07) is 2.35. The number of nitrogens with two attached hydrogens (primary N) is 1. The molecule has 1 rings (SSSR count). The molecular formula is C8H11F2N. The van der Waals surface area contributed by atoms with E-state index in [1.54, 1.807) is 0 Å². The highest BCUT2D eigenvalue weighted by Crippen LogP contribution is 2.16. The number of halogens is 2. The molecule has 0 aliphatic carbocycles. The summed E-state index contributed by atoms with van der Waals surface area (Å²) in [6.07, 6.45) is 0. The Labute approximate surface area is 64.8 Å². The first-order valence-electron chi connectivity index (χ1n) is 2.83. The Kier molecular flexibility index (Phi) is 2.99. The fourth-order valence-corrected chi connectivity index (χ4v) is 0.682. The lowest BCUT2D eigenvalue weighted by Gasteiger charge is -1.99. The SMILES string of the molecule is C.Cc1c(F)ccc(N)c1F. The van der Waals surface area contributed by atoms with Crippen LogP contribution in [0.5, 0.6) is 0 Å². The van der Waals surface area contributed by atoms with Crippen molar-refractivity contribution in [2.45, 2.75) is 14.4 Å². The molecule has 0 radical (unpaired) electrons. The van der Waals surface area contributed by atoms with E-state index in [1.807, 2.05) is 0 Å². The minimum absolute atomic E-state index is 0. The number of hydrogen-bond acceptors (Lipinski definition) is 1. The Balaban J connectivity index is 0.000001000. The van der Waals surface area contributed by atoms with Crippen LogP contribution in [0.25, 0.3) is 0 Å². The lowest BCUT2D eigenvalue weighted by molar-refractivity contribution is 0.571. The zero-order chi connectivity index (χ0) is 7.72. The molecule has 1 aromatic rings. The molecule has 0 saturated carbocycles. The molecule has 0 heterocycles. The summed E-state index contributed by atoms with van der Waals surface area (Å²) in [5, 5.41) is 0. The van der Waals surface area contributed by atoms with Gasteiger partial charge >= 0.3 is 0 Å². The highest BCUT2D eigenvalue weighted by Gasteiger charge is 2.05. The fourth-order valence-electron chi connectivity index (χ4n) is 0.682. The van der Waals surface area contributed by atoms with Crippen molar-refractivity contribution < 1.29 is 8.78 Å². The van der Waals surface area contributed by atoms with Gasteiger partial charge in [0, 0.05) is 5.56 Å². The number of nitrogen functional groups attached to an aromatic ring is 1. The molecule has 1 nitrogen and oxygen atoms in total. The Hall–Kier alpha value is -1.12. The van der Waals surface area contributed by atoms with E-state index >= 15 is 0 Å². The maximum atomic E-state index is 12.6. The summed E-state index contributed by atoms with van der Waals surface area (Å²) in [6.45, 7) is 1.35. The minimum Gasteiger partial charge on any atom is -0.396 e. The van der Waals surface area contributed by atoms with Crippen molar-refractivity contribution in [1.82, 2.24) is 0 Å². The van der Waals surface area contributed by atoms with Gasteiger partial charge in [-0.25, -0.2) is 8.78 Å². The van der Waals surface area contributed by atoms with E-state index in [-0.39, 0.29) is 18.7 Å². The zero-order valence-electron chi connectivity index (χ0n) is 5.49. The third-order valence-corrected chi connectivity index (χ3v) is 1.35. The average Bonchev–Trinajstić information content (AvgIpc) is 1.93. The minimum atomic E-state index is -0.667. The molecule has 0 unspecified atom stereocenters. The second-order valence-corrected chi connectivity index (χ2v) is 2.08. The van der Waals surface area contributed by atoms with Crippen molar-refractivity contribution in [1.29, 1.82) is 0 Å². The second-order valence-electron chi connectivity index (χ2n) is 2.08. The molecular weight excluding hydrogens is 148 g/mol. The van der Waals surface area contributed by atoms with Crippen LogP contribution >= 0.6 is 0 Å². The van der Waals surface area contributed by atoms with E-state index in [9.17, 15) is 8.78 Å². The van der Waals surface area contributed by atoms with Gasteiger partial charge in [0.2, 0.25) is 0 Å². The van der Waals surface area contributed by atoms with E-state index < -0.39 is 11.6 Å². The van der Waals surface area contributed by atoms with Gasteiger partial charge in [0.25, 0.3) is 0 Å². The van der Waals surface area contributed by atoms with Crippen LogP contribution in [0.1, 0.15) is 13.0 Å². The van der Waals surface area contributed by atoms with Crippen LogP contribution in [0.4, 0.5) is 14.5 Å². The van der Waals surface area contributed by atoms with Crippen LogP contribution in [0, 0.1) is 18.6 Å². The molecule has 0 amide bonds. The van der Waals surface area contributed by atoms with Gasteiger partial charge < -0.3 is 5.73 Å². The third-order valence-electron chi connectivity index (χ3n) is 1.35. The Bertz CT molecular complexity index is 232. The van der Waals surface area contributed by atoms with Crippen molar-refractivity contribution in [3.05, 3.63) is 29.3 Å². The lowest BCUT2D eigenvalue weighted by atomic mass is 10.2. The largest absolute Gasteiger partial charge is 0.396 e. The van der Waals surface area contributed by atoms with E-state index in [4.69, 9.17) is 5.73 Å². The van der Waals surface area contributed by atoms with Gasteiger partial charge in [-0.15, -0.1) is 0 Å². The number of anilines is 1. The van der Waals surface area contributed by atoms with Crippen LogP contribution in [0.15, 0.2) is 12.1 Å². The number of hydrogen-bond donors (Lipinski definition) is 1. The standard InChI is InChI=1S/C7H7F2N.CH4/c1-4-5(8)2-3-6(10)7(4)9;/h2-3H,10H2,1H3;1H4. The summed E-state index contributed by atoms with van der Waals surface area (Å²) >= 11 is 0. The summed E-state index contributed by atoms with van der Waals surface area (Å²) in [7, 11) is 0. The van der Waals surface area contributed by atoms with Gasteiger partial charge in [0.05, 0.1) is 5.69 Å². The van der Waals surface area contributed by atoms with Gasteiger partial charge in [-0.3, -0.25) is 0 Å². The van der Waals surface area contributed by atoms with E-state index in [0.717, 1.165) is 6.07 Å².